The normalized spacial score (nSPS) is 20.9. The van der Waals surface area contributed by atoms with Crippen LogP contribution in [0.3, 0.4) is 0 Å². The van der Waals surface area contributed by atoms with Crippen LogP contribution in [0.25, 0.3) is 6.08 Å². The minimum atomic E-state index is -0.132. The van der Waals surface area contributed by atoms with Crippen LogP contribution in [0.5, 0.6) is 5.75 Å². The predicted molar refractivity (Wildman–Crippen MR) is 122 cm³/mol. The highest BCUT2D eigenvalue weighted by atomic mass is 16.5. The van der Waals surface area contributed by atoms with Crippen molar-refractivity contribution in [2.45, 2.75) is 52.9 Å². The highest BCUT2D eigenvalue weighted by Gasteiger charge is 2.25. The smallest absolute Gasteiger partial charge is 0.324 e. The molecule has 1 unspecified atom stereocenters. The topological polar surface area (TPSA) is 67.6 Å². The second-order valence-corrected chi connectivity index (χ2v) is 9.00. The molecule has 0 spiro atoms. The molecule has 1 saturated heterocycles. The van der Waals surface area contributed by atoms with E-state index in [9.17, 15) is 4.79 Å². The van der Waals surface area contributed by atoms with Gasteiger partial charge < -0.3 is 14.2 Å². The first-order valence-electron chi connectivity index (χ1n) is 11.4. The number of aryl methyl sites for hydroxylation is 1. The van der Waals surface area contributed by atoms with Crippen molar-refractivity contribution in [2.75, 3.05) is 25.0 Å². The molecule has 6 nitrogen and oxygen atoms in total. The Bertz CT molecular complexity index is 943. The van der Waals surface area contributed by atoms with Crippen molar-refractivity contribution in [1.29, 1.82) is 0 Å². The maximum Gasteiger partial charge on any atom is 0.324 e. The molecule has 1 aromatic carbocycles. The van der Waals surface area contributed by atoms with Crippen LogP contribution in [-0.4, -0.2) is 35.8 Å². The molecule has 1 aliphatic heterocycles. The molecule has 31 heavy (non-hydrogen) atoms. The Balaban J connectivity index is 1.34. The first-order valence-corrected chi connectivity index (χ1v) is 11.4. The van der Waals surface area contributed by atoms with Gasteiger partial charge in [0, 0.05) is 18.7 Å². The molecule has 1 N–H and O–H groups in total. The fourth-order valence-electron chi connectivity index (χ4n) is 4.46. The first kappa shape index (κ1) is 21.5. The molecule has 2 aromatic rings. The molecule has 1 aromatic heterocycles. The van der Waals surface area contributed by atoms with Crippen molar-refractivity contribution in [2.24, 2.45) is 11.8 Å². The lowest BCUT2D eigenvalue weighted by Gasteiger charge is -2.33. The number of anilines is 1. The molecule has 6 heteroatoms. The Kier molecular flexibility index (Phi) is 6.64. The molecule has 2 amide bonds. The van der Waals surface area contributed by atoms with Crippen LogP contribution in [0.15, 0.2) is 34.4 Å². The average molecular weight is 424 g/mol. The number of likely N-dealkylation sites (tertiary alicyclic amines) is 1. The summed E-state index contributed by atoms with van der Waals surface area (Å²) in [7, 11) is 0. The van der Waals surface area contributed by atoms with Crippen molar-refractivity contribution in [3.05, 3.63) is 46.7 Å². The van der Waals surface area contributed by atoms with Crippen LogP contribution in [0, 0.1) is 25.7 Å². The number of hydrogen-bond acceptors (Lipinski definition) is 4. The van der Waals surface area contributed by atoms with Crippen molar-refractivity contribution in [1.82, 2.24) is 10.1 Å². The molecule has 1 saturated carbocycles. The number of hydrogen-bond donors (Lipinski definition) is 1. The highest BCUT2D eigenvalue weighted by Crippen LogP contribution is 2.28. The number of urea groups is 1. The van der Waals surface area contributed by atoms with Gasteiger partial charge in [-0.1, -0.05) is 48.7 Å². The summed E-state index contributed by atoms with van der Waals surface area (Å²) in [5.41, 5.74) is 4.19. The lowest BCUT2D eigenvalue weighted by atomic mass is 9.91. The minimum Gasteiger partial charge on any atom is -0.493 e. The van der Waals surface area contributed by atoms with E-state index in [-0.39, 0.29) is 6.03 Å². The van der Waals surface area contributed by atoms with Gasteiger partial charge in [-0.25, -0.2) is 4.79 Å². The predicted octanol–water partition coefficient (Wildman–Crippen LogP) is 5.82. The zero-order chi connectivity index (χ0) is 21.8. The van der Waals surface area contributed by atoms with Crippen LogP contribution >= 0.6 is 0 Å². The van der Waals surface area contributed by atoms with Crippen LogP contribution in [0.4, 0.5) is 10.7 Å². The summed E-state index contributed by atoms with van der Waals surface area (Å²) >= 11 is 0. The first-order chi connectivity index (χ1) is 15.0. The number of nitrogens with one attached hydrogen (secondary N) is 1. The van der Waals surface area contributed by atoms with Crippen molar-refractivity contribution >= 4 is 18.0 Å². The Morgan fingerprint density at radius 3 is 2.84 bits per heavy atom. The molecule has 2 aliphatic rings. The molecule has 2 fully saturated rings. The monoisotopic (exact) mass is 423 g/mol. The third kappa shape index (κ3) is 5.30. The molecule has 1 atom stereocenters. The zero-order valence-corrected chi connectivity index (χ0v) is 18.8. The number of nitrogens with zero attached hydrogens (tertiary/aromatic N) is 2. The van der Waals surface area contributed by atoms with E-state index in [1.807, 2.05) is 24.8 Å². The summed E-state index contributed by atoms with van der Waals surface area (Å²) in [5, 5.41) is 6.76. The lowest BCUT2D eigenvalue weighted by Crippen LogP contribution is -2.42. The molecular formula is C25H33N3O3. The fourth-order valence-corrected chi connectivity index (χ4v) is 4.46. The summed E-state index contributed by atoms with van der Waals surface area (Å²) in [5.74, 6) is 2.39. The van der Waals surface area contributed by atoms with Crippen molar-refractivity contribution in [3.63, 3.8) is 0 Å². The Morgan fingerprint density at radius 2 is 2.13 bits per heavy atom. The molecule has 0 bridgehead atoms. The third-order valence-electron chi connectivity index (χ3n) is 6.63. The molecule has 4 rings (SSSR count). The van der Waals surface area contributed by atoms with Gasteiger partial charge in [0.1, 0.15) is 5.75 Å². The van der Waals surface area contributed by atoms with Crippen LogP contribution in [0.2, 0.25) is 0 Å². The van der Waals surface area contributed by atoms with Crippen molar-refractivity contribution in [3.8, 4) is 5.75 Å². The highest BCUT2D eigenvalue weighted by molar-refractivity contribution is 5.88. The summed E-state index contributed by atoms with van der Waals surface area (Å²) in [4.78, 5) is 14.5. The van der Waals surface area contributed by atoms with E-state index < -0.39 is 0 Å². The molecule has 2 heterocycles. The largest absolute Gasteiger partial charge is 0.493 e. The van der Waals surface area contributed by atoms with E-state index in [4.69, 9.17) is 9.26 Å². The van der Waals surface area contributed by atoms with Gasteiger partial charge in [-0.15, -0.1) is 0 Å². The van der Waals surface area contributed by atoms with E-state index in [1.165, 1.54) is 31.3 Å². The van der Waals surface area contributed by atoms with Gasteiger partial charge in [0.2, 0.25) is 5.88 Å². The standard InChI is InChI=1S/C25H33N3O3/c1-17-15-28(25(29)26-24-18(2)19(3)27-31-24)12-11-22(17)13-21-9-6-10-23(14-21)30-16-20-7-4-5-8-20/h6,9-10,13-14,17,20H,4-5,7-8,11-12,15-16H2,1-3H3,(H,26,29). The van der Waals surface area contributed by atoms with Gasteiger partial charge in [0.05, 0.1) is 12.3 Å². The van der Waals surface area contributed by atoms with E-state index in [2.05, 4.69) is 41.7 Å². The summed E-state index contributed by atoms with van der Waals surface area (Å²) < 4.78 is 11.3. The van der Waals surface area contributed by atoms with E-state index in [0.717, 1.165) is 35.6 Å². The Hall–Kier alpha value is -2.76. The van der Waals surface area contributed by atoms with Crippen LogP contribution < -0.4 is 10.1 Å². The third-order valence-corrected chi connectivity index (χ3v) is 6.63. The van der Waals surface area contributed by atoms with Crippen molar-refractivity contribution < 1.29 is 14.1 Å². The second-order valence-electron chi connectivity index (χ2n) is 9.00. The summed E-state index contributed by atoms with van der Waals surface area (Å²) in [6.07, 6.45) is 8.37. The minimum absolute atomic E-state index is 0.132. The second kappa shape index (κ2) is 9.58. The Labute approximate surface area is 184 Å². The van der Waals surface area contributed by atoms with Crippen LogP contribution in [-0.2, 0) is 0 Å². The van der Waals surface area contributed by atoms with Crippen LogP contribution in [0.1, 0.15) is 55.8 Å². The molecule has 1 aliphatic carbocycles. The number of rotatable bonds is 5. The number of amides is 2. The summed E-state index contributed by atoms with van der Waals surface area (Å²) in [6.45, 7) is 8.13. The number of carbonyl (C=O) groups excluding carboxylic acids is 1. The SMILES string of the molecule is Cc1noc(NC(=O)N2CCC(=Cc3cccc(OCC4CCCC4)c3)C(C)C2)c1C. The molecule has 166 valence electrons. The van der Waals surface area contributed by atoms with E-state index in [0.29, 0.717) is 30.8 Å². The fraction of sp³-hybridized carbons (Fsp3) is 0.520. The Morgan fingerprint density at radius 1 is 1.32 bits per heavy atom. The summed E-state index contributed by atoms with van der Waals surface area (Å²) in [6, 6.07) is 8.22. The van der Waals surface area contributed by atoms with Gasteiger partial charge in [-0.05, 0) is 62.6 Å². The lowest BCUT2D eigenvalue weighted by molar-refractivity contribution is 0.197. The quantitative estimate of drug-likeness (QED) is 0.658. The number of aromatic nitrogens is 1. The number of carbonyl (C=O) groups is 1. The maximum absolute atomic E-state index is 12.7. The molecule has 0 radical (unpaired) electrons. The van der Waals surface area contributed by atoms with Gasteiger partial charge in [-0.3, -0.25) is 5.32 Å². The maximum atomic E-state index is 12.7. The van der Waals surface area contributed by atoms with E-state index in [1.54, 1.807) is 0 Å². The van der Waals surface area contributed by atoms with Gasteiger partial charge >= 0.3 is 6.03 Å². The molecular weight excluding hydrogens is 390 g/mol. The zero-order valence-electron chi connectivity index (χ0n) is 18.8. The van der Waals surface area contributed by atoms with E-state index >= 15 is 0 Å². The van der Waals surface area contributed by atoms with Gasteiger partial charge in [-0.2, -0.15) is 0 Å². The number of benzene rings is 1. The average Bonchev–Trinajstić information content (AvgIpc) is 3.40. The number of ether oxygens (including phenoxy) is 1. The van der Waals surface area contributed by atoms with Gasteiger partial charge in [0.15, 0.2) is 0 Å². The number of piperidine rings is 1. The van der Waals surface area contributed by atoms with Gasteiger partial charge in [0.25, 0.3) is 0 Å².